The summed E-state index contributed by atoms with van der Waals surface area (Å²) in [6, 6.07) is 0. The molecule has 3 aromatic heterocycles. The van der Waals surface area contributed by atoms with Gasteiger partial charge in [0.15, 0.2) is 11.5 Å². The van der Waals surface area contributed by atoms with E-state index >= 15 is 0 Å². The maximum Gasteiger partial charge on any atom is 0.276 e. The van der Waals surface area contributed by atoms with Crippen molar-refractivity contribution in [2.45, 2.75) is 58.3 Å². The molecule has 10 heteroatoms. The van der Waals surface area contributed by atoms with Crippen molar-refractivity contribution in [2.75, 3.05) is 26.3 Å². The molecule has 170 valence electrons. The molecule has 1 amide bonds. The van der Waals surface area contributed by atoms with Gasteiger partial charge in [-0.3, -0.25) is 4.79 Å². The molecule has 0 aliphatic carbocycles. The number of aryl methyl sites for hydroxylation is 3. The predicted molar refractivity (Wildman–Crippen MR) is 110 cm³/mol. The van der Waals surface area contributed by atoms with E-state index in [1.54, 1.807) is 4.90 Å². The monoisotopic (exact) mass is 441 g/mol. The lowest BCUT2D eigenvalue weighted by Crippen LogP contribution is -2.29. The summed E-state index contributed by atoms with van der Waals surface area (Å²) < 4.78 is 21.6. The van der Waals surface area contributed by atoms with Crippen molar-refractivity contribution < 1.29 is 23.1 Å². The molecule has 0 aromatic carbocycles. The Labute approximate surface area is 185 Å². The fraction of sp³-hybridized carbons (Fsp3) is 0.591. The Balaban J connectivity index is 1.29. The van der Waals surface area contributed by atoms with Gasteiger partial charge in [0.05, 0.1) is 11.6 Å². The van der Waals surface area contributed by atoms with Crippen molar-refractivity contribution >= 4 is 5.91 Å². The molecule has 2 fully saturated rings. The van der Waals surface area contributed by atoms with Crippen molar-refractivity contribution in [3.8, 4) is 0 Å². The van der Waals surface area contributed by atoms with Gasteiger partial charge in [-0.15, -0.1) is 0 Å². The van der Waals surface area contributed by atoms with Gasteiger partial charge in [-0.1, -0.05) is 15.5 Å². The number of nitrogens with zero attached hydrogens (tertiary/aromatic N) is 5. The molecule has 32 heavy (non-hydrogen) atoms. The SMILES string of the molecule is Cc1noc(C)c1Cc1c(C(=O)N2CCC(c3nc(C4CCOCC4)no3)C2)noc1C. The van der Waals surface area contributed by atoms with Gasteiger partial charge >= 0.3 is 0 Å². The van der Waals surface area contributed by atoms with Crippen LogP contribution in [0.2, 0.25) is 0 Å². The highest BCUT2D eigenvalue weighted by Crippen LogP contribution is 2.31. The van der Waals surface area contributed by atoms with Gasteiger partial charge in [0, 0.05) is 49.8 Å². The van der Waals surface area contributed by atoms with E-state index in [0.717, 1.165) is 60.9 Å². The first-order valence-electron chi connectivity index (χ1n) is 11.1. The number of hydrogen-bond donors (Lipinski definition) is 0. The van der Waals surface area contributed by atoms with Gasteiger partial charge in [-0.05, 0) is 40.0 Å². The molecule has 3 aromatic rings. The molecule has 2 saturated heterocycles. The summed E-state index contributed by atoms with van der Waals surface area (Å²) in [5.41, 5.74) is 2.87. The number of ether oxygens (including phenoxy) is 1. The lowest BCUT2D eigenvalue weighted by molar-refractivity contribution is 0.0778. The van der Waals surface area contributed by atoms with Crippen LogP contribution in [0.4, 0.5) is 0 Å². The Morgan fingerprint density at radius 1 is 0.938 bits per heavy atom. The van der Waals surface area contributed by atoms with Crippen LogP contribution in [-0.4, -0.2) is 57.6 Å². The number of carbonyl (C=O) groups excluding carboxylic acids is 1. The minimum absolute atomic E-state index is 0.0269. The van der Waals surface area contributed by atoms with E-state index in [9.17, 15) is 4.79 Å². The number of carbonyl (C=O) groups is 1. The maximum atomic E-state index is 13.3. The fourth-order valence-electron chi connectivity index (χ4n) is 4.53. The third kappa shape index (κ3) is 3.83. The lowest BCUT2D eigenvalue weighted by atomic mass is 10.00. The second-order valence-corrected chi connectivity index (χ2v) is 8.66. The zero-order valence-electron chi connectivity index (χ0n) is 18.6. The fourth-order valence-corrected chi connectivity index (χ4v) is 4.53. The largest absolute Gasteiger partial charge is 0.381 e. The summed E-state index contributed by atoms with van der Waals surface area (Å²) >= 11 is 0. The molecule has 5 rings (SSSR count). The first-order valence-corrected chi connectivity index (χ1v) is 11.1. The van der Waals surface area contributed by atoms with Crippen LogP contribution in [-0.2, 0) is 11.2 Å². The molecular formula is C22H27N5O5. The average Bonchev–Trinajstić information content (AvgIpc) is 3.59. The maximum absolute atomic E-state index is 13.3. The van der Waals surface area contributed by atoms with Gasteiger partial charge < -0.3 is 23.2 Å². The van der Waals surface area contributed by atoms with Crippen molar-refractivity contribution in [3.63, 3.8) is 0 Å². The van der Waals surface area contributed by atoms with E-state index in [-0.39, 0.29) is 17.7 Å². The normalized spacial score (nSPS) is 19.7. The van der Waals surface area contributed by atoms with Crippen LogP contribution >= 0.6 is 0 Å². The first kappa shape index (κ1) is 20.9. The highest BCUT2D eigenvalue weighted by atomic mass is 16.5. The second-order valence-electron chi connectivity index (χ2n) is 8.66. The zero-order valence-corrected chi connectivity index (χ0v) is 18.6. The number of hydrogen-bond acceptors (Lipinski definition) is 9. The summed E-state index contributed by atoms with van der Waals surface area (Å²) in [5.74, 6) is 2.89. The molecule has 0 spiro atoms. The second kappa shape index (κ2) is 8.50. The summed E-state index contributed by atoms with van der Waals surface area (Å²) in [7, 11) is 0. The first-order chi connectivity index (χ1) is 15.5. The van der Waals surface area contributed by atoms with Gasteiger partial charge in [0.25, 0.3) is 5.91 Å². The van der Waals surface area contributed by atoms with Crippen LogP contribution in [0.15, 0.2) is 13.6 Å². The van der Waals surface area contributed by atoms with Crippen LogP contribution in [0.3, 0.4) is 0 Å². The van der Waals surface area contributed by atoms with Crippen molar-refractivity contribution in [1.29, 1.82) is 0 Å². The van der Waals surface area contributed by atoms with Crippen molar-refractivity contribution in [2.24, 2.45) is 0 Å². The quantitative estimate of drug-likeness (QED) is 0.588. The predicted octanol–water partition coefficient (Wildman–Crippen LogP) is 3.09. The van der Waals surface area contributed by atoms with E-state index in [0.29, 0.717) is 36.9 Å². The number of likely N-dealkylation sites (tertiary alicyclic amines) is 1. The molecule has 5 heterocycles. The summed E-state index contributed by atoms with van der Waals surface area (Å²) in [6.07, 6.45) is 3.09. The Morgan fingerprint density at radius 2 is 1.69 bits per heavy atom. The van der Waals surface area contributed by atoms with Gasteiger partial charge in [-0.2, -0.15) is 4.98 Å². The average molecular weight is 441 g/mol. The van der Waals surface area contributed by atoms with Gasteiger partial charge in [0.2, 0.25) is 5.89 Å². The van der Waals surface area contributed by atoms with Crippen LogP contribution in [0.25, 0.3) is 0 Å². The third-order valence-corrected chi connectivity index (χ3v) is 6.59. The van der Waals surface area contributed by atoms with Crippen LogP contribution in [0.5, 0.6) is 0 Å². The highest BCUT2D eigenvalue weighted by Gasteiger charge is 2.35. The molecule has 1 unspecified atom stereocenters. The van der Waals surface area contributed by atoms with E-state index in [1.807, 2.05) is 20.8 Å². The highest BCUT2D eigenvalue weighted by molar-refractivity contribution is 5.94. The number of aromatic nitrogens is 4. The molecule has 0 N–H and O–H groups in total. The molecule has 10 nitrogen and oxygen atoms in total. The summed E-state index contributed by atoms with van der Waals surface area (Å²) in [4.78, 5) is 19.7. The molecule has 2 aliphatic heterocycles. The number of amides is 1. The van der Waals surface area contributed by atoms with Crippen molar-refractivity contribution in [3.05, 3.63) is 45.8 Å². The number of rotatable bonds is 5. The molecule has 0 saturated carbocycles. The smallest absolute Gasteiger partial charge is 0.276 e. The Hall–Kier alpha value is -3.01. The molecule has 2 aliphatic rings. The van der Waals surface area contributed by atoms with E-state index in [1.165, 1.54) is 0 Å². The van der Waals surface area contributed by atoms with Crippen LogP contribution in [0, 0.1) is 20.8 Å². The van der Waals surface area contributed by atoms with Gasteiger partial charge in [0.1, 0.15) is 11.5 Å². The van der Waals surface area contributed by atoms with E-state index in [2.05, 4.69) is 20.5 Å². The third-order valence-electron chi connectivity index (χ3n) is 6.59. The lowest BCUT2D eigenvalue weighted by Gasteiger charge is -2.18. The zero-order chi connectivity index (χ0) is 22.2. The minimum Gasteiger partial charge on any atom is -0.381 e. The topological polar surface area (TPSA) is 121 Å². The summed E-state index contributed by atoms with van der Waals surface area (Å²) in [6.45, 7) is 8.16. The summed E-state index contributed by atoms with van der Waals surface area (Å²) in [5, 5.41) is 12.3. The van der Waals surface area contributed by atoms with E-state index in [4.69, 9.17) is 18.3 Å². The van der Waals surface area contributed by atoms with E-state index < -0.39 is 0 Å². The minimum atomic E-state index is -0.143. The molecule has 0 bridgehead atoms. The molecular weight excluding hydrogens is 414 g/mol. The standard InChI is InChI=1S/C22H27N5O5/c1-12-17(13(2)30-24-12)10-18-14(3)31-25-19(18)22(28)27-7-4-16(11-27)21-23-20(26-32-21)15-5-8-29-9-6-15/h15-16H,4-11H2,1-3H3. The Bertz CT molecular complexity index is 1090. The Morgan fingerprint density at radius 3 is 2.44 bits per heavy atom. The van der Waals surface area contributed by atoms with Crippen molar-refractivity contribution in [1.82, 2.24) is 25.4 Å². The molecule has 1 atom stereocenters. The van der Waals surface area contributed by atoms with Gasteiger partial charge in [-0.25, -0.2) is 0 Å². The van der Waals surface area contributed by atoms with Crippen LogP contribution < -0.4 is 0 Å². The molecule has 0 radical (unpaired) electrons. The Kier molecular flexibility index (Phi) is 5.54. The van der Waals surface area contributed by atoms with Crippen LogP contribution in [0.1, 0.15) is 81.6 Å².